The Kier molecular flexibility index (Phi) is 11.0. The van der Waals surface area contributed by atoms with Crippen molar-refractivity contribution in [1.82, 2.24) is 10.6 Å². The molecule has 0 spiro atoms. The van der Waals surface area contributed by atoms with E-state index < -0.39 is 12.0 Å². The second kappa shape index (κ2) is 14.7. The van der Waals surface area contributed by atoms with Crippen LogP contribution in [0.4, 0.5) is 0 Å². The van der Waals surface area contributed by atoms with Crippen LogP contribution >= 0.6 is 0 Å². The number of ether oxygens (including phenoxy) is 2. The molecular formula is C28H34N2O6. The zero-order valence-corrected chi connectivity index (χ0v) is 20.4. The molecule has 2 aromatic rings. The van der Waals surface area contributed by atoms with Gasteiger partial charge in [0.15, 0.2) is 0 Å². The number of carbonyl (C=O) groups excluding carboxylic acids is 3. The Labute approximate surface area is 211 Å². The van der Waals surface area contributed by atoms with Gasteiger partial charge >= 0.3 is 5.97 Å². The van der Waals surface area contributed by atoms with Crippen LogP contribution in [0.25, 0.3) is 0 Å². The van der Waals surface area contributed by atoms with E-state index in [0.717, 1.165) is 16.9 Å². The fourth-order valence-electron chi connectivity index (χ4n) is 3.84. The summed E-state index contributed by atoms with van der Waals surface area (Å²) >= 11 is 0. The van der Waals surface area contributed by atoms with Gasteiger partial charge < -0.3 is 25.2 Å². The standard InChI is InChI=1S/C28H34N2O6/c31-19-24(17-21-11-13-25(14-12-21)36-20-22-7-3-1-4-8-22)30-26(32)18-23-9-5-2-6-10-27(33)35-16-15-29-28(23)34/h1-5,7-8,11-14,23-24,31H,6,9-10,15-20H2,(H,29,34)(H,30,32). The van der Waals surface area contributed by atoms with E-state index in [4.69, 9.17) is 9.47 Å². The molecule has 3 N–H and O–H groups in total. The lowest BCUT2D eigenvalue weighted by molar-refractivity contribution is -0.144. The van der Waals surface area contributed by atoms with Gasteiger partial charge in [-0.05, 0) is 42.5 Å². The molecule has 3 rings (SSSR count). The minimum atomic E-state index is -0.545. The first-order chi connectivity index (χ1) is 17.5. The molecule has 0 saturated heterocycles. The number of allylic oxidation sites excluding steroid dienone is 2. The maximum Gasteiger partial charge on any atom is 0.306 e. The maximum absolute atomic E-state index is 12.7. The molecule has 2 aromatic carbocycles. The highest BCUT2D eigenvalue weighted by molar-refractivity contribution is 5.86. The Hall–Kier alpha value is -3.65. The lowest BCUT2D eigenvalue weighted by Gasteiger charge is -2.20. The van der Waals surface area contributed by atoms with Gasteiger partial charge in [0.2, 0.25) is 11.8 Å². The van der Waals surface area contributed by atoms with Crippen LogP contribution < -0.4 is 15.4 Å². The molecule has 2 unspecified atom stereocenters. The molecule has 2 atom stereocenters. The molecule has 1 aliphatic heterocycles. The monoisotopic (exact) mass is 494 g/mol. The zero-order chi connectivity index (χ0) is 25.6. The van der Waals surface area contributed by atoms with E-state index in [1.807, 2.05) is 66.7 Å². The number of carbonyl (C=O) groups is 3. The second-order valence-corrected chi connectivity index (χ2v) is 8.73. The largest absolute Gasteiger partial charge is 0.489 e. The number of aliphatic hydroxyl groups excluding tert-OH is 1. The molecule has 0 aliphatic carbocycles. The first kappa shape index (κ1) is 26.9. The van der Waals surface area contributed by atoms with Gasteiger partial charge in [-0.2, -0.15) is 0 Å². The van der Waals surface area contributed by atoms with Crippen LogP contribution in [0.2, 0.25) is 0 Å². The normalized spacial score (nSPS) is 17.6. The van der Waals surface area contributed by atoms with Crippen LogP contribution in [-0.4, -0.2) is 48.7 Å². The Bertz CT molecular complexity index is 1010. The van der Waals surface area contributed by atoms with Crippen LogP contribution in [-0.2, 0) is 32.1 Å². The van der Waals surface area contributed by atoms with Gasteiger partial charge in [0, 0.05) is 12.8 Å². The van der Waals surface area contributed by atoms with E-state index in [1.54, 1.807) is 0 Å². The van der Waals surface area contributed by atoms with Gasteiger partial charge in [0.05, 0.1) is 25.1 Å². The highest BCUT2D eigenvalue weighted by Gasteiger charge is 2.22. The molecule has 36 heavy (non-hydrogen) atoms. The predicted octanol–water partition coefficient (Wildman–Crippen LogP) is 2.69. The van der Waals surface area contributed by atoms with Gasteiger partial charge in [-0.1, -0.05) is 54.6 Å². The fraction of sp³-hybridized carbons (Fsp3) is 0.393. The third-order valence-electron chi connectivity index (χ3n) is 5.81. The minimum absolute atomic E-state index is 0.00127. The van der Waals surface area contributed by atoms with Crippen molar-refractivity contribution in [2.24, 2.45) is 5.92 Å². The highest BCUT2D eigenvalue weighted by atomic mass is 16.5. The van der Waals surface area contributed by atoms with Gasteiger partial charge in [0.25, 0.3) is 0 Å². The number of benzene rings is 2. The van der Waals surface area contributed by atoms with Crippen LogP contribution in [0, 0.1) is 5.92 Å². The molecule has 0 saturated carbocycles. The quantitative estimate of drug-likeness (QED) is 0.365. The molecule has 192 valence electrons. The van der Waals surface area contributed by atoms with E-state index in [2.05, 4.69) is 10.6 Å². The van der Waals surface area contributed by atoms with Gasteiger partial charge in [-0.15, -0.1) is 0 Å². The molecule has 0 fully saturated rings. The average molecular weight is 495 g/mol. The third kappa shape index (κ3) is 9.54. The topological polar surface area (TPSA) is 114 Å². The Morgan fingerprint density at radius 1 is 1.08 bits per heavy atom. The average Bonchev–Trinajstić information content (AvgIpc) is 2.89. The molecule has 0 bridgehead atoms. The fourth-order valence-corrected chi connectivity index (χ4v) is 3.84. The number of amides is 2. The van der Waals surface area contributed by atoms with Crippen LogP contribution in [0.15, 0.2) is 66.7 Å². The number of cyclic esters (lactones) is 1. The third-order valence-corrected chi connectivity index (χ3v) is 5.81. The van der Waals surface area contributed by atoms with Crippen molar-refractivity contribution in [3.63, 3.8) is 0 Å². The molecule has 0 radical (unpaired) electrons. The number of nitrogens with one attached hydrogen (secondary N) is 2. The van der Waals surface area contributed by atoms with E-state index in [1.165, 1.54) is 0 Å². The number of hydrogen-bond acceptors (Lipinski definition) is 6. The molecular weight excluding hydrogens is 460 g/mol. The molecule has 0 aromatic heterocycles. The smallest absolute Gasteiger partial charge is 0.306 e. The molecule has 8 heteroatoms. The number of aliphatic hydroxyl groups is 1. The summed E-state index contributed by atoms with van der Waals surface area (Å²) in [6.07, 6.45) is 5.29. The zero-order valence-electron chi connectivity index (χ0n) is 20.4. The summed E-state index contributed by atoms with van der Waals surface area (Å²) in [5, 5.41) is 15.4. The summed E-state index contributed by atoms with van der Waals surface area (Å²) in [6, 6.07) is 17.0. The number of rotatable bonds is 9. The highest BCUT2D eigenvalue weighted by Crippen LogP contribution is 2.16. The summed E-state index contributed by atoms with van der Waals surface area (Å²) < 4.78 is 10.8. The summed E-state index contributed by atoms with van der Waals surface area (Å²) in [5.41, 5.74) is 2.03. The van der Waals surface area contributed by atoms with E-state index >= 15 is 0 Å². The van der Waals surface area contributed by atoms with Crippen LogP contribution in [0.3, 0.4) is 0 Å². The van der Waals surface area contributed by atoms with E-state index in [0.29, 0.717) is 25.9 Å². The van der Waals surface area contributed by atoms with Crippen molar-refractivity contribution in [1.29, 1.82) is 0 Å². The lowest BCUT2D eigenvalue weighted by atomic mass is 9.98. The first-order valence-electron chi connectivity index (χ1n) is 12.3. The maximum atomic E-state index is 12.7. The van der Waals surface area contributed by atoms with Crippen molar-refractivity contribution >= 4 is 17.8 Å². The van der Waals surface area contributed by atoms with Crippen molar-refractivity contribution in [3.8, 4) is 5.75 Å². The van der Waals surface area contributed by atoms with Gasteiger partial charge in [-0.25, -0.2) is 0 Å². The molecule has 8 nitrogen and oxygen atoms in total. The van der Waals surface area contributed by atoms with Gasteiger partial charge in [-0.3, -0.25) is 14.4 Å². The number of esters is 1. The van der Waals surface area contributed by atoms with Crippen LogP contribution in [0.1, 0.15) is 36.8 Å². The lowest BCUT2D eigenvalue weighted by Crippen LogP contribution is -2.42. The summed E-state index contributed by atoms with van der Waals surface area (Å²) in [5.74, 6) is -0.669. The second-order valence-electron chi connectivity index (χ2n) is 8.73. The molecule has 1 heterocycles. The van der Waals surface area contributed by atoms with Crippen molar-refractivity contribution in [3.05, 3.63) is 77.9 Å². The van der Waals surface area contributed by atoms with Crippen molar-refractivity contribution in [2.45, 2.75) is 44.8 Å². The van der Waals surface area contributed by atoms with Crippen molar-refractivity contribution in [2.75, 3.05) is 19.8 Å². The Balaban J connectivity index is 1.49. The summed E-state index contributed by atoms with van der Waals surface area (Å²) in [7, 11) is 0. The van der Waals surface area contributed by atoms with Crippen molar-refractivity contribution < 1.29 is 29.0 Å². The number of hydrogen-bond donors (Lipinski definition) is 3. The SMILES string of the molecule is O=C(CC1CC=CCCC(=O)OCCNC1=O)NC(CO)Cc1ccc(OCc2ccccc2)cc1. The first-order valence-corrected chi connectivity index (χ1v) is 12.3. The van der Waals surface area contributed by atoms with E-state index in [9.17, 15) is 19.5 Å². The minimum Gasteiger partial charge on any atom is -0.489 e. The van der Waals surface area contributed by atoms with E-state index in [-0.39, 0.29) is 50.4 Å². The molecule has 2 amide bonds. The Morgan fingerprint density at radius 2 is 1.86 bits per heavy atom. The molecule has 1 aliphatic rings. The summed E-state index contributed by atoms with van der Waals surface area (Å²) in [6.45, 7) is 0.567. The summed E-state index contributed by atoms with van der Waals surface area (Å²) in [4.78, 5) is 36.7. The van der Waals surface area contributed by atoms with Crippen LogP contribution in [0.5, 0.6) is 5.75 Å². The van der Waals surface area contributed by atoms with Gasteiger partial charge in [0.1, 0.15) is 19.0 Å². The Morgan fingerprint density at radius 3 is 2.61 bits per heavy atom. The predicted molar refractivity (Wildman–Crippen MR) is 135 cm³/mol.